The molecule has 2 atom stereocenters. The number of fused-ring (bicyclic) bond motifs is 2. The maximum absolute atomic E-state index is 14.3. The third-order valence-electron chi connectivity index (χ3n) is 7.10. The fourth-order valence-electron chi connectivity index (χ4n) is 5.28. The number of carbonyl (C=O) groups is 1. The summed E-state index contributed by atoms with van der Waals surface area (Å²) in [6.45, 7) is 6.63. The van der Waals surface area contributed by atoms with Crippen LogP contribution in [0.3, 0.4) is 0 Å². The van der Waals surface area contributed by atoms with Crippen molar-refractivity contribution in [3.8, 4) is 0 Å². The Morgan fingerprint density at radius 1 is 1.12 bits per heavy atom. The minimum atomic E-state index is -0.388. The summed E-state index contributed by atoms with van der Waals surface area (Å²) in [5.41, 5.74) is 9.46. The number of hydrogen-bond acceptors (Lipinski definition) is 4. The third kappa shape index (κ3) is 4.33. The first-order valence-electron chi connectivity index (χ1n) is 11.7. The number of primary amides is 1. The van der Waals surface area contributed by atoms with Gasteiger partial charge in [-0.15, -0.1) is 0 Å². The van der Waals surface area contributed by atoms with Crippen molar-refractivity contribution in [1.82, 2.24) is 4.90 Å². The van der Waals surface area contributed by atoms with E-state index >= 15 is 0 Å². The Bertz CT molecular complexity index is 1180. The van der Waals surface area contributed by atoms with Crippen molar-refractivity contribution in [3.63, 3.8) is 0 Å². The minimum absolute atomic E-state index is 0.0435. The molecule has 2 aliphatic heterocycles. The maximum Gasteiger partial charge on any atom is 0.248 e. The van der Waals surface area contributed by atoms with E-state index in [9.17, 15) is 9.18 Å². The zero-order chi connectivity index (χ0) is 22.9. The molecule has 5 rings (SSSR count). The first-order valence-corrected chi connectivity index (χ1v) is 11.7. The zero-order valence-corrected chi connectivity index (χ0v) is 19.0. The van der Waals surface area contributed by atoms with Crippen LogP contribution in [0.4, 0.5) is 10.1 Å². The average Bonchev–Trinajstić information content (AvgIpc) is 2.83. The lowest BCUT2D eigenvalue weighted by molar-refractivity contribution is 0.0255. The molecule has 0 spiro atoms. The molecule has 0 bridgehead atoms. The van der Waals surface area contributed by atoms with Gasteiger partial charge in [0.15, 0.2) is 0 Å². The summed E-state index contributed by atoms with van der Waals surface area (Å²) in [5, 5.41) is 1.65. The number of amides is 1. The number of benzene rings is 3. The Hall–Kier alpha value is -2.96. The van der Waals surface area contributed by atoms with Crippen molar-refractivity contribution < 1.29 is 13.9 Å². The molecule has 6 heteroatoms. The lowest BCUT2D eigenvalue weighted by Gasteiger charge is -2.42. The van der Waals surface area contributed by atoms with Gasteiger partial charge in [0.2, 0.25) is 5.91 Å². The van der Waals surface area contributed by atoms with Crippen molar-refractivity contribution in [2.75, 3.05) is 37.7 Å². The lowest BCUT2D eigenvalue weighted by atomic mass is 9.93. The van der Waals surface area contributed by atoms with Gasteiger partial charge in [0.25, 0.3) is 0 Å². The average molecular weight is 448 g/mol. The summed E-state index contributed by atoms with van der Waals surface area (Å²) in [6, 6.07) is 17.3. The fraction of sp³-hybridized carbons (Fsp3) is 0.370. The highest BCUT2D eigenvalue weighted by atomic mass is 19.1. The molecule has 0 unspecified atom stereocenters. The van der Waals surface area contributed by atoms with Gasteiger partial charge < -0.3 is 15.4 Å². The molecule has 0 saturated carbocycles. The molecule has 2 aliphatic rings. The van der Waals surface area contributed by atoms with Gasteiger partial charge in [-0.25, -0.2) is 4.39 Å². The second-order valence-corrected chi connectivity index (χ2v) is 9.12. The molecule has 5 nitrogen and oxygen atoms in total. The molecule has 2 heterocycles. The largest absolute Gasteiger partial charge is 0.373 e. The van der Waals surface area contributed by atoms with Gasteiger partial charge in [-0.1, -0.05) is 30.3 Å². The van der Waals surface area contributed by atoms with Crippen LogP contribution in [-0.4, -0.2) is 49.6 Å². The molecule has 0 aromatic heterocycles. The molecule has 1 amide bonds. The van der Waals surface area contributed by atoms with E-state index in [0.717, 1.165) is 50.1 Å². The number of nitrogens with two attached hydrogens (primary N) is 1. The predicted octanol–water partition coefficient (Wildman–Crippen LogP) is 4.29. The molecule has 2 N–H and O–H groups in total. The molecular weight excluding hydrogens is 417 g/mol. The molecule has 172 valence electrons. The topological polar surface area (TPSA) is 58.8 Å². The number of rotatable bonds is 5. The van der Waals surface area contributed by atoms with Crippen molar-refractivity contribution >= 4 is 22.4 Å². The van der Waals surface area contributed by atoms with Crippen LogP contribution in [0.15, 0.2) is 54.6 Å². The van der Waals surface area contributed by atoms with Gasteiger partial charge in [0.05, 0.1) is 12.7 Å². The van der Waals surface area contributed by atoms with Crippen LogP contribution in [0.5, 0.6) is 0 Å². The molecule has 3 aromatic carbocycles. The highest BCUT2D eigenvalue weighted by molar-refractivity contribution is 5.95. The molecule has 1 fully saturated rings. The summed E-state index contributed by atoms with van der Waals surface area (Å²) in [6.07, 6.45) is 1.77. The molecule has 3 aromatic rings. The van der Waals surface area contributed by atoms with Crippen LogP contribution in [-0.2, 0) is 11.2 Å². The van der Waals surface area contributed by atoms with E-state index in [1.807, 2.05) is 42.5 Å². The molecule has 0 aliphatic carbocycles. The smallest absolute Gasteiger partial charge is 0.248 e. The van der Waals surface area contributed by atoms with E-state index in [0.29, 0.717) is 23.6 Å². The van der Waals surface area contributed by atoms with Crippen molar-refractivity contribution in [2.24, 2.45) is 5.73 Å². The Balaban J connectivity index is 1.25. The third-order valence-corrected chi connectivity index (χ3v) is 7.10. The summed E-state index contributed by atoms with van der Waals surface area (Å²) in [7, 11) is 0. The van der Waals surface area contributed by atoms with Crippen molar-refractivity contribution in [1.29, 1.82) is 0 Å². The van der Waals surface area contributed by atoms with E-state index in [2.05, 4.69) is 16.7 Å². The van der Waals surface area contributed by atoms with Crippen molar-refractivity contribution in [3.05, 3.63) is 77.1 Å². The van der Waals surface area contributed by atoms with Gasteiger partial charge in [-0.05, 0) is 55.2 Å². The van der Waals surface area contributed by atoms with E-state index < -0.39 is 0 Å². The Labute approximate surface area is 193 Å². The van der Waals surface area contributed by atoms with Gasteiger partial charge >= 0.3 is 0 Å². The normalized spacial score (nSPS) is 21.2. The molecule has 1 saturated heterocycles. The highest BCUT2D eigenvalue weighted by Gasteiger charge is 2.27. The second-order valence-electron chi connectivity index (χ2n) is 9.12. The number of hydrogen-bond donors (Lipinski definition) is 1. The summed E-state index contributed by atoms with van der Waals surface area (Å²) < 4.78 is 20.3. The van der Waals surface area contributed by atoms with Crippen LogP contribution >= 0.6 is 0 Å². The van der Waals surface area contributed by atoms with Crippen LogP contribution in [0, 0.1) is 5.82 Å². The van der Waals surface area contributed by atoms with E-state index in [1.54, 1.807) is 12.1 Å². The number of piperazine rings is 1. The second kappa shape index (κ2) is 9.12. The van der Waals surface area contributed by atoms with E-state index in [4.69, 9.17) is 10.5 Å². The van der Waals surface area contributed by atoms with Gasteiger partial charge in [0.1, 0.15) is 5.82 Å². The van der Waals surface area contributed by atoms with Crippen LogP contribution in [0.2, 0.25) is 0 Å². The Kier molecular flexibility index (Phi) is 6.04. The van der Waals surface area contributed by atoms with Crippen LogP contribution < -0.4 is 10.6 Å². The standard InChI is InChI=1S/C27H30FN3O2/c1-18-17-31(25-9-8-24(28)22-4-2-3-5-23(22)25)14-13-30(18)12-10-26-21-7-6-20(27(29)32)16-19(21)11-15-33-26/h2-9,16,18,26H,10-15,17H2,1H3,(H2,29,32)/t18-,26+/m1/s1. The predicted molar refractivity (Wildman–Crippen MR) is 129 cm³/mol. The number of anilines is 1. The van der Waals surface area contributed by atoms with E-state index in [-0.39, 0.29) is 17.8 Å². The van der Waals surface area contributed by atoms with Crippen LogP contribution in [0.1, 0.15) is 40.9 Å². The highest BCUT2D eigenvalue weighted by Crippen LogP contribution is 2.33. The number of ether oxygens (including phenoxy) is 1. The number of halogens is 1. The van der Waals surface area contributed by atoms with Gasteiger partial charge in [0, 0.05) is 54.2 Å². The Morgan fingerprint density at radius 3 is 2.73 bits per heavy atom. The monoisotopic (exact) mass is 447 g/mol. The molecule has 33 heavy (non-hydrogen) atoms. The summed E-state index contributed by atoms with van der Waals surface area (Å²) in [5.74, 6) is -0.557. The molecular formula is C27H30FN3O2. The summed E-state index contributed by atoms with van der Waals surface area (Å²) >= 11 is 0. The molecule has 0 radical (unpaired) electrons. The van der Waals surface area contributed by atoms with E-state index in [1.165, 1.54) is 11.1 Å². The maximum atomic E-state index is 14.3. The van der Waals surface area contributed by atoms with Gasteiger partial charge in [-0.3, -0.25) is 9.69 Å². The Morgan fingerprint density at radius 2 is 1.94 bits per heavy atom. The lowest BCUT2D eigenvalue weighted by Crippen LogP contribution is -2.52. The quantitative estimate of drug-likeness (QED) is 0.634. The fourth-order valence-corrected chi connectivity index (χ4v) is 5.28. The number of carbonyl (C=O) groups excluding carboxylic acids is 1. The minimum Gasteiger partial charge on any atom is -0.373 e. The first-order chi connectivity index (χ1) is 16.0. The zero-order valence-electron chi connectivity index (χ0n) is 19.0. The van der Waals surface area contributed by atoms with Gasteiger partial charge in [-0.2, -0.15) is 0 Å². The van der Waals surface area contributed by atoms with Crippen molar-refractivity contribution in [2.45, 2.75) is 31.9 Å². The number of nitrogens with zero attached hydrogens (tertiary/aromatic N) is 2. The van der Waals surface area contributed by atoms with Crippen LogP contribution in [0.25, 0.3) is 10.8 Å². The SMILES string of the molecule is C[C@@H]1CN(c2ccc(F)c3ccccc23)CCN1CC[C@@H]1OCCc2cc(C(N)=O)ccc21. The first kappa shape index (κ1) is 21.9. The summed E-state index contributed by atoms with van der Waals surface area (Å²) in [4.78, 5) is 16.4.